The summed E-state index contributed by atoms with van der Waals surface area (Å²) in [5.74, 6) is -0.0426. The molecule has 1 aromatic carbocycles. The maximum absolute atomic E-state index is 11.4. The zero-order valence-corrected chi connectivity index (χ0v) is 8.95. The summed E-state index contributed by atoms with van der Waals surface area (Å²) in [4.78, 5) is 11.4. The molecule has 82 valence electrons. The molecule has 0 radical (unpaired) electrons. The van der Waals surface area contributed by atoms with Crippen molar-refractivity contribution in [3.05, 3.63) is 23.8 Å². The molecule has 0 saturated carbocycles. The van der Waals surface area contributed by atoms with Crippen LogP contribution in [0.2, 0.25) is 0 Å². The van der Waals surface area contributed by atoms with Gasteiger partial charge in [-0.25, -0.2) is 0 Å². The number of carbonyl (C=O) groups excluding carboxylic acids is 1. The topological polar surface area (TPSA) is 75.4 Å². The standard InChI is InChI=1S/C11H16N2O2/c1-7(2)13-11(15)6-8-3-4-9(12)10(14)5-8/h3-5,7,14H,6,12H2,1-2H3,(H,13,15). The predicted octanol–water partition coefficient (Wildman–Crippen LogP) is 1.04. The SMILES string of the molecule is CC(C)NC(=O)Cc1ccc(N)c(O)c1. The molecule has 0 aliphatic carbocycles. The smallest absolute Gasteiger partial charge is 0.224 e. The summed E-state index contributed by atoms with van der Waals surface area (Å²) in [6, 6.07) is 4.96. The number of hydrogen-bond donors (Lipinski definition) is 3. The number of aromatic hydroxyl groups is 1. The summed E-state index contributed by atoms with van der Waals surface area (Å²) in [7, 11) is 0. The van der Waals surface area contributed by atoms with Gasteiger partial charge in [0.05, 0.1) is 12.1 Å². The second-order valence-electron chi connectivity index (χ2n) is 3.79. The van der Waals surface area contributed by atoms with Gasteiger partial charge in [0.15, 0.2) is 0 Å². The van der Waals surface area contributed by atoms with Crippen LogP contribution in [0, 0.1) is 0 Å². The van der Waals surface area contributed by atoms with Crippen LogP contribution in [0.3, 0.4) is 0 Å². The molecular weight excluding hydrogens is 192 g/mol. The molecule has 15 heavy (non-hydrogen) atoms. The fraction of sp³-hybridized carbons (Fsp3) is 0.364. The fourth-order valence-electron chi connectivity index (χ4n) is 1.26. The largest absolute Gasteiger partial charge is 0.506 e. The maximum atomic E-state index is 11.4. The summed E-state index contributed by atoms with van der Waals surface area (Å²) in [6.45, 7) is 3.80. The Bertz CT molecular complexity index is 362. The summed E-state index contributed by atoms with van der Waals surface area (Å²) < 4.78 is 0. The number of nitrogens with one attached hydrogen (secondary N) is 1. The number of nitrogens with two attached hydrogens (primary N) is 1. The van der Waals surface area contributed by atoms with E-state index in [2.05, 4.69) is 5.32 Å². The minimum Gasteiger partial charge on any atom is -0.506 e. The number of phenols is 1. The van der Waals surface area contributed by atoms with Crippen LogP contribution in [0.1, 0.15) is 19.4 Å². The highest BCUT2D eigenvalue weighted by Crippen LogP contribution is 2.20. The lowest BCUT2D eigenvalue weighted by atomic mass is 10.1. The van der Waals surface area contributed by atoms with Crippen LogP contribution in [-0.2, 0) is 11.2 Å². The minimum atomic E-state index is -0.0610. The van der Waals surface area contributed by atoms with E-state index in [1.807, 2.05) is 13.8 Å². The number of rotatable bonds is 3. The van der Waals surface area contributed by atoms with Crippen molar-refractivity contribution in [2.75, 3.05) is 5.73 Å². The quantitative estimate of drug-likeness (QED) is 0.513. The molecule has 0 heterocycles. The Hall–Kier alpha value is -1.71. The lowest BCUT2D eigenvalue weighted by molar-refractivity contribution is -0.120. The summed E-state index contributed by atoms with van der Waals surface area (Å²) >= 11 is 0. The molecule has 4 heteroatoms. The van der Waals surface area contributed by atoms with Gasteiger partial charge in [0.25, 0.3) is 0 Å². The number of amides is 1. The molecular formula is C11H16N2O2. The molecule has 1 rings (SSSR count). The molecule has 0 saturated heterocycles. The number of hydrogen-bond acceptors (Lipinski definition) is 3. The van der Waals surface area contributed by atoms with E-state index in [0.29, 0.717) is 5.69 Å². The van der Waals surface area contributed by atoms with Gasteiger partial charge in [-0.3, -0.25) is 4.79 Å². The van der Waals surface area contributed by atoms with Gasteiger partial charge in [0.1, 0.15) is 5.75 Å². The Morgan fingerprint density at radius 3 is 2.73 bits per heavy atom. The van der Waals surface area contributed by atoms with Crippen LogP contribution in [0.15, 0.2) is 18.2 Å². The third-order valence-electron chi connectivity index (χ3n) is 1.91. The highest BCUT2D eigenvalue weighted by atomic mass is 16.3. The molecule has 4 N–H and O–H groups in total. The Morgan fingerprint density at radius 2 is 2.20 bits per heavy atom. The molecule has 0 aliphatic rings. The van der Waals surface area contributed by atoms with Crippen molar-refractivity contribution in [2.24, 2.45) is 0 Å². The van der Waals surface area contributed by atoms with E-state index in [9.17, 15) is 9.90 Å². The molecule has 1 amide bonds. The van der Waals surface area contributed by atoms with Crippen molar-refractivity contribution >= 4 is 11.6 Å². The van der Waals surface area contributed by atoms with E-state index in [4.69, 9.17) is 5.73 Å². The molecule has 0 spiro atoms. The molecule has 0 aliphatic heterocycles. The van der Waals surface area contributed by atoms with Crippen molar-refractivity contribution in [1.82, 2.24) is 5.32 Å². The van der Waals surface area contributed by atoms with Crippen LogP contribution in [-0.4, -0.2) is 17.1 Å². The van der Waals surface area contributed by atoms with E-state index in [1.54, 1.807) is 12.1 Å². The monoisotopic (exact) mass is 208 g/mol. The van der Waals surface area contributed by atoms with Gasteiger partial charge in [0.2, 0.25) is 5.91 Å². The lowest BCUT2D eigenvalue weighted by Gasteiger charge is -2.08. The van der Waals surface area contributed by atoms with Crippen molar-refractivity contribution in [3.63, 3.8) is 0 Å². The number of phenolic OH excluding ortho intramolecular Hbond substituents is 1. The lowest BCUT2D eigenvalue weighted by Crippen LogP contribution is -2.31. The minimum absolute atomic E-state index is 0.0184. The van der Waals surface area contributed by atoms with Gasteiger partial charge in [0, 0.05) is 6.04 Å². The molecule has 1 aromatic rings. The van der Waals surface area contributed by atoms with Crippen molar-refractivity contribution in [2.45, 2.75) is 26.3 Å². The number of anilines is 1. The van der Waals surface area contributed by atoms with Crippen LogP contribution in [0.4, 0.5) is 5.69 Å². The van der Waals surface area contributed by atoms with E-state index in [1.165, 1.54) is 6.07 Å². The molecule has 0 atom stereocenters. The van der Waals surface area contributed by atoms with Crippen molar-refractivity contribution < 1.29 is 9.90 Å². The first kappa shape index (κ1) is 11.4. The zero-order chi connectivity index (χ0) is 11.4. The molecule has 4 nitrogen and oxygen atoms in total. The Morgan fingerprint density at radius 1 is 1.53 bits per heavy atom. The van der Waals surface area contributed by atoms with Crippen LogP contribution < -0.4 is 11.1 Å². The van der Waals surface area contributed by atoms with Gasteiger partial charge >= 0.3 is 0 Å². The number of carbonyl (C=O) groups is 1. The maximum Gasteiger partial charge on any atom is 0.224 e. The van der Waals surface area contributed by atoms with E-state index in [0.717, 1.165) is 5.56 Å². The number of benzene rings is 1. The summed E-state index contributed by atoms with van der Waals surface area (Å²) in [5.41, 5.74) is 6.52. The highest BCUT2D eigenvalue weighted by molar-refractivity contribution is 5.79. The van der Waals surface area contributed by atoms with Crippen molar-refractivity contribution in [1.29, 1.82) is 0 Å². The molecule has 0 fully saturated rings. The third kappa shape index (κ3) is 3.50. The zero-order valence-electron chi connectivity index (χ0n) is 8.95. The van der Waals surface area contributed by atoms with E-state index in [-0.39, 0.29) is 24.1 Å². The first-order valence-corrected chi connectivity index (χ1v) is 4.85. The number of nitrogen functional groups attached to an aromatic ring is 1. The molecule has 0 unspecified atom stereocenters. The second kappa shape index (κ2) is 4.68. The summed E-state index contributed by atoms with van der Waals surface area (Å²) in [5, 5.41) is 12.1. The van der Waals surface area contributed by atoms with Gasteiger partial charge in [-0.2, -0.15) is 0 Å². The van der Waals surface area contributed by atoms with Gasteiger partial charge in [-0.05, 0) is 31.5 Å². The van der Waals surface area contributed by atoms with Crippen LogP contribution in [0.5, 0.6) is 5.75 Å². The average Bonchev–Trinajstić information content (AvgIpc) is 2.10. The fourth-order valence-corrected chi connectivity index (χ4v) is 1.26. The molecule has 0 bridgehead atoms. The molecule has 0 aromatic heterocycles. The Balaban J connectivity index is 2.65. The van der Waals surface area contributed by atoms with Gasteiger partial charge in [-0.15, -0.1) is 0 Å². The Labute approximate surface area is 89.1 Å². The van der Waals surface area contributed by atoms with Crippen molar-refractivity contribution in [3.8, 4) is 5.75 Å². The first-order valence-electron chi connectivity index (χ1n) is 4.85. The normalized spacial score (nSPS) is 10.3. The van der Waals surface area contributed by atoms with E-state index >= 15 is 0 Å². The first-order chi connectivity index (χ1) is 6.99. The third-order valence-corrected chi connectivity index (χ3v) is 1.91. The highest BCUT2D eigenvalue weighted by Gasteiger charge is 2.06. The average molecular weight is 208 g/mol. The van der Waals surface area contributed by atoms with Gasteiger partial charge in [-0.1, -0.05) is 6.07 Å². The summed E-state index contributed by atoms with van der Waals surface area (Å²) in [6.07, 6.45) is 0.256. The van der Waals surface area contributed by atoms with Gasteiger partial charge < -0.3 is 16.2 Å². The van der Waals surface area contributed by atoms with Crippen LogP contribution in [0.25, 0.3) is 0 Å². The predicted molar refractivity (Wildman–Crippen MR) is 59.5 cm³/mol. The van der Waals surface area contributed by atoms with Crippen LogP contribution >= 0.6 is 0 Å². The Kier molecular flexibility index (Phi) is 3.55. The van der Waals surface area contributed by atoms with E-state index < -0.39 is 0 Å². The second-order valence-corrected chi connectivity index (χ2v) is 3.79.